The van der Waals surface area contributed by atoms with E-state index >= 15 is 0 Å². The van der Waals surface area contributed by atoms with Crippen LogP contribution in [0.3, 0.4) is 0 Å². The molecule has 7 rings (SSSR count). The summed E-state index contributed by atoms with van der Waals surface area (Å²) in [7, 11) is -10.0. The third-order valence-corrected chi connectivity index (χ3v) is 16.4. The van der Waals surface area contributed by atoms with Gasteiger partial charge in [0, 0.05) is 0 Å². The first-order valence-corrected chi connectivity index (χ1v) is 20.0. The fraction of sp³-hybridized carbons (Fsp3) is 0.0270. The van der Waals surface area contributed by atoms with E-state index in [0.717, 1.165) is 0 Å². The molecule has 254 valence electrons. The molecule has 0 amide bonds. The van der Waals surface area contributed by atoms with Gasteiger partial charge in [-0.15, -0.1) is 0 Å². The molecular formula is C37H34N3O7P3. The van der Waals surface area contributed by atoms with Crippen LogP contribution in [0, 0.1) is 0 Å². The summed E-state index contributed by atoms with van der Waals surface area (Å²) >= 11 is 0. The topological polar surface area (TPSA) is 94.5 Å². The molecule has 0 spiro atoms. The Kier molecular flexibility index (Phi) is 10.0. The van der Waals surface area contributed by atoms with Crippen molar-refractivity contribution in [2.45, 2.75) is 0 Å². The first-order valence-electron chi connectivity index (χ1n) is 15.7. The van der Waals surface area contributed by atoms with Gasteiger partial charge in [-0.05, 0) is 0 Å². The van der Waals surface area contributed by atoms with Gasteiger partial charge < -0.3 is 0 Å². The summed E-state index contributed by atoms with van der Waals surface area (Å²) in [4.78, 5) is 6.96. The molecule has 0 saturated carbocycles. The predicted octanol–water partition coefficient (Wildman–Crippen LogP) is 10.5. The van der Waals surface area contributed by atoms with E-state index in [1.807, 2.05) is 109 Å². The Bertz CT molecular complexity index is 1870. The number of rotatable bonds is 13. The first-order chi connectivity index (χ1) is 24.6. The monoisotopic (exact) mass is 725 g/mol. The molecule has 1 aliphatic heterocycles. The van der Waals surface area contributed by atoms with Crippen LogP contribution in [0.4, 0.5) is 0 Å². The van der Waals surface area contributed by atoms with E-state index in [1.165, 1.54) is 9.05 Å². The van der Waals surface area contributed by atoms with Crippen molar-refractivity contribution in [2.75, 3.05) is 6.73 Å². The second-order valence-corrected chi connectivity index (χ2v) is 17.7. The van der Waals surface area contributed by atoms with Crippen LogP contribution in [-0.4, -0.2) is 20.9 Å². The molecule has 0 aromatic heterocycles. The molecule has 1 N–H and O–H groups in total. The summed E-state index contributed by atoms with van der Waals surface area (Å²) in [6, 6.07) is 54.8. The summed E-state index contributed by atoms with van der Waals surface area (Å²) in [6.07, 6.45) is 0. The number of benzene rings is 6. The Morgan fingerprint density at radius 1 is 0.480 bits per heavy atom. The molecule has 50 heavy (non-hydrogen) atoms. The summed E-state index contributed by atoms with van der Waals surface area (Å²) in [5, 5.41) is 11.4. The third-order valence-electron chi connectivity index (χ3n) is 7.21. The number of aliphatic hydroxyl groups excluding tert-OH is 1. The van der Waals surface area contributed by atoms with Crippen molar-refractivity contribution < 1.29 is 32.6 Å². The summed E-state index contributed by atoms with van der Waals surface area (Å²) < 4.78 is 43.5. The van der Waals surface area contributed by atoms with Crippen molar-refractivity contribution in [1.82, 2.24) is 9.05 Å². The molecule has 0 fully saturated rings. The zero-order valence-corrected chi connectivity index (χ0v) is 29.4. The van der Waals surface area contributed by atoms with Crippen LogP contribution in [0.1, 0.15) is 0 Å². The zero-order chi connectivity index (χ0) is 34.1. The summed E-state index contributed by atoms with van der Waals surface area (Å²) in [5.41, 5.74) is 0. The van der Waals surface area contributed by atoms with Gasteiger partial charge in [-0.25, -0.2) is 0 Å². The molecule has 0 bridgehead atoms. The van der Waals surface area contributed by atoms with Crippen molar-refractivity contribution in [3.63, 3.8) is 0 Å². The number of nitrogens with zero attached hydrogens (tertiary/aromatic N) is 3. The van der Waals surface area contributed by atoms with E-state index < -0.39 is 30.9 Å². The molecule has 6 aromatic carbocycles. The number of para-hydroxylation sites is 6. The predicted molar refractivity (Wildman–Crippen MR) is 198 cm³/mol. The van der Waals surface area contributed by atoms with Gasteiger partial charge >= 0.3 is 293 Å². The second kappa shape index (κ2) is 14.9. The van der Waals surface area contributed by atoms with E-state index in [4.69, 9.17) is 32.0 Å². The van der Waals surface area contributed by atoms with Crippen LogP contribution in [0.15, 0.2) is 187 Å². The normalized spacial score (nSPS) is 17.6. The minimum absolute atomic E-state index is 0.362. The Morgan fingerprint density at radius 2 is 0.800 bits per heavy atom. The fourth-order valence-corrected chi connectivity index (χ4v) is 14.9. The van der Waals surface area contributed by atoms with Crippen molar-refractivity contribution >= 4 is 24.1 Å². The average molecular weight is 726 g/mol. The fourth-order valence-electron chi connectivity index (χ4n) is 5.00. The summed E-state index contributed by atoms with van der Waals surface area (Å²) in [5.74, 6) is 2.35. The van der Waals surface area contributed by atoms with Gasteiger partial charge in [0.25, 0.3) is 0 Å². The molecule has 1 unspecified atom stereocenters. The molecule has 10 nitrogen and oxygen atoms in total. The molecule has 6 aromatic rings. The molecule has 1 aliphatic rings. The van der Waals surface area contributed by atoms with E-state index in [-0.39, 0.29) is 0 Å². The van der Waals surface area contributed by atoms with E-state index in [9.17, 15) is 5.11 Å². The molecule has 13 heteroatoms. The zero-order valence-electron chi connectivity index (χ0n) is 26.7. The Labute approximate surface area is 292 Å². The second-order valence-electron chi connectivity index (χ2n) is 10.7. The quantitative estimate of drug-likeness (QED) is 0.117. The maximum atomic E-state index is 11.4. The average Bonchev–Trinajstić information content (AvgIpc) is 3.16. The van der Waals surface area contributed by atoms with Gasteiger partial charge in [-0.3, -0.25) is 0 Å². The first kappa shape index (κ1) is 33.6. The van der Waals surface area contributed by atoms with Crippen molar-refractivity contribution in [1.29, 1.82) is 0 Å². The van der Waals surface area contributed by atoms with E-state index in [0.29, 0.717) is 34.5 Å². The van der Waals surface area contributed by atoms with Crippen LogP contribution in [0.5, 0.6) is 34.5 Å². The number of hydrogen-bond acceptors (Lipinski definition) is 10. The van der Waals surface area contributed by atoms with Crippen LogP contribution in [0.25, 0.3) is 0 Å². The van der Waals surface area contributed by atoms with Gasteiger partial charge in [-0.1, -0.05) is 0 Å². The molecule has 0 aliphatic carbocycles. The van der Waals surface area contributed by atoms with Gasteiger partial charge in [0.1, 0.15) is 0 Å². The minimum atomic E-state index is -5.47. The van der Waals surface area contributed by atoms with Crippen molar-refractivity contribution in [2.24, 2.45) is 4.52 Å². The number of hydrogen-bond donors (Lipinski definition) is 1. The molecule has 1 atom stereocenters. The van der Waals surface area contributed by atoms with E-state index in [2.05, 4.69) is 0 Å². The van der Waals surface area contributed by atoms with Crippen LogP contribution in [-0.2, 0) is 0 Å². The van der Waals surface area contributed by atoms with E-state index in [1.54, 1.807) is 72.8 Å². The van der Waals surface area contributed by atoms with Crippen molar-refractivity contribution in [3.05, 3.63) is 182 Å². The van der Waals surface area contributed by atoms with Crippen LogP contribution < -0.4 is 27.5 Å². The molecule has 0 saturated heterocycles. The molecule has 1 heterocycles. The standard InChI is InChI=1S/C37H34N3O7P3/c41-31-39-48-38-49(43-33-21-9-2-10-22-33,44-34-23-11-3-12-24-34)40(42-32-19-7-1-8-20-32)50(39,45-35-25-13-4-14-26-35,46-36-27-15-5-16-28-36)47-37-29-17-6-18-30-37/h1-30,41,48H,31H2. The Morgan fingerprint density at radius 3 is 1.14 bits per heavy atom. The SMILES string of the molecule is OCN1PN=P(Oc2ccccc2)(Oc2ccccc2)N(Oc2ccccc2)P1(Oc1ccccc1)(Oc1ccccc1)Oc1ccccc1. The van der Waals surface area contributed by atoms with Gasteiger partial charge in [0.15, 0.2) is 0 Å². The Hall–Kier alpha value is -4.91. The molecule has 0 radical (unpaired) electrons. The van der Waals surface area contributed by atoms with Gasteiger partial charge in [0.05, 0.1) is 0 Å². The summed E-state index contributed by atoms with van der Waals surface area (Å²) in [6.45, 7) is -0.614. The van der Waals surface area contributed by atoms with Gasteiger partial charge in [0.2, 0.25) is 0 Å². The van der Waals surface area contributed by atoms with Crippen LogP contribution >= 0.6 is 24.1 Å². The third kappa shape index (κ3) is 6.91. The molecular weight excluding hydrogens is 691 g/mol. The van der Waals surface area contributed by atoms with Crippen molar-refractivity contribution in [3.8, 4) is 34.5 Å². The number of aliphatic hydroxyl groups is 1. The van der Waals surface area contributed by atoms with Crippen LogP contribution in [0.2, 0.25) is 0 Å². The maximum absolute atomic E-state index is 11.4. The Balaban J connectivity index is 1.59. The van der Waals surface area contributed by atoms with Gasteiger partial charge in [-0.2, -0.15) is 0 Å².